The Bertz CT molecular complexity index is 399. The van der Waals surface area contributed by atoms with Crippen LogP contribution in [0.2, 0.25) is 5.02 Å². The summed E-state index contributed by atoms with van der Waals surface area (Å²) in [6.45, 7) is 6.60. The highest BCUT2D eigenvalue weighted by atomic mass is 35.5. The number of carbonyl (C=O) groups is 1. The van der Waals surface area contributed by atoms with E-state index in [1.54, 1.807) is 26.0 Å². The maximum Gasteiger partial charge on any atom is 0.153 e. The summed E-state index contributed by atoms with van der Waals surface area (Å²) < 4.78 is 0. The number of nitrogens with zero attached hydrogens (tertiary/aromatic N) is 1. The Balaban J connectivity index is 3.12. The quantitative estimate of drug-likeness (QED) is 0.823. The molecule has 1 N–H and O–H groups in total. The minimum absolute atomic E-state index is 0.437. The van der Waals surface area contributed by atoms with Crippen molar-refractivity contribution in [2.45, 2.75) is 26.4 Å². The maximum atomic E-state index is 11.1. The molecule has 1 aromatic rings. The molecule has 0 spiro atoms. The zero-order valence-corrected chi connectivity index (χ0v) is 11.2. The summed E-state index contributed by atoms with van der Waals surface area (Å²) in [6.07, 6.45) is 0.755. The lowest BCUT2D eigenvalue weighted by atomic mass is 10.1. The molecule has 0 heterocycles. The first-order valence-electron chi connectivity index (χ1n) is 5.60. The number of hydrogen-bond acceptors (Lipinski definition) is 3. The Labute approximate surface area is 107 Å². The van der Waals surface area contributed by atoms with Crippen LogP contribution in [0.25, 0.3) is 0 Å². The van der Waals surface area contributed by atoms with E-state index in [1.807, 2.05) is 17.9 Å². The smallest absolute Gasteiger partial charge is 0.153 e. The molecule has 94 valence electrons. The Kier molecular flexibility index (Phi) is 4.54. The van der Waals surface area contributed by atoms with E-state index >= 15 is 0 Å². The summed E-state index contributed by atoms with van der Waals surface area (Å²) in [4.78, 5) is 13.0. The molecule has 17 heavy (non-hydrogen) atoms. The first kappa shape index (κ1) is 14.0. The van der Waals surface area contributed by atoms with Crippen LogP contribution in [0, 0.1) is 0 Å². The molecule has 3 nitrogen and oxygen atoms in total. The molecule has 0 unspecified atom stereocenters. The summed E-state index contributed by atoms with van der Waals surface area (Å²) >= 11 is 5.98. The highest BCUT2D eigenvalue weighted by molar-refractivity contribution is 6.33. The van der Waals surface area contributed by atoms with Crippen LogP contribution >= 0.6 is 11.6 Å². The molecule has 0 amide bonds. The lowest BCUT2D eigenvalue weighted by Crippen LogP contribution is -2.39. The lowest BCUT2D eigenvalue weighted by Gasteiger charge is -2.30. The molecule has 0 fully saturated rings. The van der Waals surface area contributed by atoms with Crippen molar-refractivity contribution in [3.05, 3.63) is 28.8 Å². The zero-order valence-electron chi connectivity index (χ0n) is 10.4. The fourth-order valence-electron chi connectivity index (χ4n) is 1.75. The van der Waals surface area contributed by atoms with Crippen LogP contribution in [0.5, 0.6) is 0 Å². The van der Waals surface area contributed by atoms with Crippen molar-refractivity contribution in [2.75, 3.05) is 18.0 Å². The van der Waals surface area contributed by atoms with Gasteiger partial charge in [0.05, 0.1) is 16.2 Å². The van der Waals surface area contributed by atoms with Crippen LogP contribution in [0.1, 0.15) is 31.1 Å². The van der Waals surface area contributed by atoms with Gasteiger partial charge < -0.3 is 10.0 Å². The SMILES string of the molecule is CCN(CC(C)(C)O)c1cccc(Cl)c1C=O. The predicted molar refractivity (Wildman–Crippen MR) is 71.0 cm³/mol. The lowest BCUT2D eigenvalue weighted by molar-refractivity contribution is 0.0874. The molecule has 0 saturated heterocycles. The summed E-state index contributed by atoms with van der Waals surface area (Å²) in [6, 6.07) is 5.33. The Morgan fingerprint density at radius 3 is 2.59 bits per heavy atom. The van der Waals surface area contributed by atoms with Crippen molar-refractivity contribution >= 4 is 23.6 Å². The van der Waals surface area contributed by atoms with Gasteiger partial charge in [-0.25, -0.2) is 0 Å². The molecule has 1 aromatic carbocycles. The second kappa shape index (κ2) is 5.52. The van der Waals surface area contributed by atoms with Gasteiger partial charge in [-0.2, -0.15) is 0 Å². The Morgan fingerprint density at radius 2 is 2.12 bits per heavy atom. The van der Waals surface area contributed by atoms with E-state index in [9.17, 15) is 9.90 Å². The van der Waals surface area contributed by atoms with Crippen LogP contribution in [-0.4, -0.2) is 30.1 Å². The molecule has 1 rings (SSSR count). The predicted octanol–water partition coefficient (Wildman–Crippen LogP) is 2.75. The third kappa shape index (κ3) is 3.72. The number of carbonyl (C=O) groups excluding carboxylic acids is 1. The molecule has 0 aliphatic carbocycles. The standard InChI is InChI=1S/C13H18ClNO2/c1-4-15(9-13(2,3)17)12-7-5-6-11(14)10(12)8-16/h5-8,17H,4,9H2,1-3H3. The minimum Gasteiger partial charge on any atom is -0.389 e. The summed E-state index contributed by atoms with van der Waals surface area (Å²) in [5.74, 6) is 0. The molecule has 4 heteroatoms. The van der Waals surface area contributed by atoms with Gasteiger partial charge in [0.25, 0.3) is 0 Å². The van der Waals surface area contributed by atoms with Gasteiger partial charge in [0, 0.05) is 18.8 Å². The van der Waals surface area contributed by atoms with Gasteiger partial charge in [-0.05, 0) is 32.9 Å². The fraction of sp³-hybridized carbons (Fsp3) is 0.462. The summed E-state index contributed by atoms with van der Waals surface area (Å²) in [5.41, 5.74) is 0.413. The van der Waals surface area contributed by atoms with Gasteiger partial charge in [0.15, 0.2) is 6.29 Å². The third-order valence-electron chi connectivity index (χ3n) is 2.45. The van der Waals surface area contributed by atoms with Crippen LogP contribution in [0.4, 0.5) is 5.69 Å². The van der Waals surface area contributed by atoms with Gasteiger partial charge in [0.1, 0.15) is 0 Å². The van der Waals surface area contributed by atoms with Gasteiger partial charge in [-0.15, -0.1) is 0 Å². The fourth-order valence-corrected chi connectivity index (χ4v) is 1.97. The molecule has 0 aliphatic rings. The van der Waals surface area contributed by atoms with Gasteiger partial charge >= 0.3 is 0 Å². The number of aliphatic hydroxyl groups is 1. The molecule has 0 radical (unpaired) electrons. The maximum absolute atomic E-state index is 11.1. The second-order valence-electron chi connectivity index (χ2n) is 4.62. The molecule has 0 aliphatic heterocycles. The van der Waals surface area contributed by atoms with E-state index < -0.39 is 5.60 Å². The normalized spacial score (nSPS) is 11.4. The van der Waals surface area contributed by atoms with Gasteiger partial charge in [-0.1, -0.05) is 17.7 Å². The monoisotopic (exact) mass is 255 g/mol. The van der Waals surface area contributed by atoms with Crippen molar-refractivity contribution in [1.29, 1.82) is 0 Å². The van der Waals surface area contributed by atoms with Crippen LogP contribution in [0.3, 0.4) is 0 Å². The van der Waals surface area contributed by atoms with E-state index in [2.05, 4.69) is 0 Å². The zero-order chi connectivity index (χ0) is 13.1. The number of aldehydes is 1. The topological polar surface area (TPSA) is 40.5 Å². The molecule has 0 atom stereocenters. The van der Waals surface area contributed by atoms with Crippen molar-refractivity contribution in [3.63, 3.8) is 0 Å². The Hall–Kier alpha value is -1.06. The van der Waals surface area contributed by atoms with Crippen LogP contribution < -0.4 is 4.90 Å². The van der Waals surface area contributed by atoms with Crippen molar-refractivity contribution < 1.29 is 9.90 Å². The Morgan fingerprint density at radius 1 is 1.47 bits per heavy atom. The first-order chi connectivity index (χ1) is 7.89. The number of benzene rings is 1. The first-order valence-corrected chi connectivity index (χ1v) is 5.98. The molecule has 0 saturated carbocycles. The highest BCUT2D eigenvalue weighted by Gasteiger charge is 2.20. The summed E-state index contributed by atoms with van der Waals surface area (Å²) in [7, 11) is 0. The molecular weight excluding hydrogens is 238 g/mol. The van der Waals surface area contributed by atoms with Crippen molar-refractivity contribution in [2.24, 2.45) is 0 Å². The van der Waals surface area contributed by atoms with E-state index in [-0.39, 0.29) is 0 Å². The van der Waals surface area contributed by atoms with E-state index in [4.69, 9.17) is 11.6 Å². The average molecular weight is 256 g/mol. The average Bonchev–Trinajstić information content (AvgIpc) is 2.24. The number of halogens is 1. The minimum atomic E-state index is -0.821. The molecule has 0 bridgehead atoms. The molecule has 0 aromatic heterocycles. The van der Waals surface area contributed by atoms with E-state index in [0.29, 0.717) is 23.7 Å². The highest BCUT2D eigenvalue weighted by Crippen LogP contribution is 2.26. The van der Waals surface area contributed by atoms with Crippen LogP contribution in [-0.2, 0) is 0 Å². The largest absolute Gasteiger partial charge is 0.389 e. The van der Waals surface area contributed by atoms with Crippen LogP contribution in [0.15, 0.2) is 18.2 Å². The summed E-state index contributed by atoms with van der Waals surface area (Å²) in [5, 5.41) is 10.3. The second-order valence-corrected chi connectivity index (χ2v) is 5.02. The van der Waals surface area contributed by atoms with Gasteiger partial charge in [-0.3, -0.25) is 4.79 Å². The number of rotatable bonds is 5. The van der Waals surface area contributed by atoms with Crippen molar-refractivity contribution in [1.82, 2.24) is 0 Å². The number of likely N-dealkylation sites (N-methyl/N-ethyl adjacent to an activating group) is 1. The van der Waals surface area contributed by atoms with Crippen molar-refractivity contribution in [3.8, 4) is 0 Å². The van der Waals surface area contributed by atoms with E-state index in [1.165, 1.54) is 0 Å². The number of hydrogen-bond donors (Lipinski definition) is 1. The van der Waals surface area contributed by atoms with Gasteiger partial charge in [0.2, 0.25) is 0 Å². The molecular formula is C13H18ClNO2. The van der Waals surface area contributed by atoms with E-state index in [0.717, 1.165) is 12.0 Å². The third-order valence-corrected chi connectivity index (χ3v) is 2.78. The number of anilines is 1.